The minimum Gasteiger partial charge on any atom is -0.354 e. The molecule has 2 rings (SSSR count). The molecule has 88 valence electrons. The third kappa shape index (κ3) is 2.50. The van der Waals surface area contributed by atoms with Crippen molar-refractivity contribution in [1.29, 1.82) is 0 Å². The topological polar surface area (TPSA) is 42.1 Å². The van der Waals surface area contributed by atoms with Crippen molar-refractivity contribution < 1.29 is 4.39 Å². The molecule has 1 aliphatic rings. The van der Waals surface area contributed by atoms with Crippen molar-refractivity contribution in [3.63, 3.8) is 0 Å². The Balaban J connectivity index is 2.13. The van der Waals surface area contributed by atoms with Crippen LogP contribution in [0.2, 0.25) is 0 Å². The summed E-state index contributed by atoms with van der Waals surface area (Å²) in [5, 5.41) is 0. The van der Waals surface area contributed by atoms with Crippen LogP contribution in [-0.4, -0.2) is 24.1 Å². The molecule has 1 aromatic rings. The first kappa shape index (κ1) is 11.3. The van der Waals surface area contributed by atoms with E-state index in [1.165, 1.54) is 25.1 Å². The van der Waals surface area contributed by atoms with Crippen molar-refractivity contribution in [2.75, 3.05) is 18.0 Å². The quantitative estimate of drug-likeness (QED) is 0.851. The smallest absolute Gasteiger partial charge is 0.141 e. The van der Waals surface area contributed by atoms with Crippen LogP contribution < -0.4 is 10.6 Å². The Morgan fingerprint density at radius 3 is 3.00 bits per heavy atom. The fourth-order valence-electron chi connectivity index (χ4n) is 2.33. The predicted octanol–water partition coefficient (Wildman–Crippen LogP) is 1.93. The van der Waals surface area contributed by atoms with Crippen molar-refractivity contribution >= 4 is 5.82 Å². The van der Waals surface area contributed by atoms with E-state index < -0.39 is 0 Å². The molecule has 0 bridgehead atoms. The molecule has 1 saturated heterocycles. The number of piperidine rings is 1. The molecule has 1 fully saturated rings. The number of pyridine rings is 1. The molecule has 4 heteroatoms. The van der Waals surface area contributed by atoms with Gasteiger partial charge in [0.2, 0.25) is 0 Å². The molecule has 0 radical (unpaired) electrons. The van der Waals surface area contributed by atoms with Crippen LogP contribution in [-0.2, 0) is 0 Å². The third-order valence-electron chi connectivity index (χ3n) is 3.13. The molecule has 2 N–H and O–H groups in total. The van der Waals surface area contributed by atoms with Gasteiger partial charge in [-0.15, -0.1) is 0 Å². The van der Waals surface area contributed by atoms with Gasteiger partial charge in [-0.25, -0.2) is 9.37 Å². The molecule has 1 unspecified atom stereocenters. The first-order chi connectivity index (χ1) is 7.81. The Kier molecular flexibility index (Phi) is 3.72. The molecular weight excluding hydrogens is 205 g/mol. The van der Waals surface area contributed by atoms with Gasteiger partial charge in [-0.3, -0.25) is 0 Å². The van der Waals surface area contributed by atoms with E-state index in [9.17, 15) is 4.39 Å². The van der Waals surface area contributed by atoms with E-state index in [0.29, 0.717) is 12.6 Å². The zero-order valence-electron chi connectivity index (χ0n) is 9.40. The summed E-state index contributed by atoms with van der Waals surface area (Å²) in [5.41, 5.74) is 5.62. The van der Waals surface area contributed by atoms with Gasteiger partial charge in [-0.1, -0.05) is 0 Å². The fourth-order valence-corrected chi connectivity index (χ4v) is 2.33. The zero-order valence-corrected chi connectivity index (χ0v) is 9.40. The predicted molar refractivity (Wildman–Crippen MR) is 62.9 cm³/mol. The average Bonchev–Trinajstić information content (AvgIpc) is 2.32. The number of nitrogens with zero attached hydrogens (tertiary/aromatic N) is 2. The molecular formula is C12H18FN3. The molecule has 1 aliphatic heterocycles. The van der Waals surface area contributed by atoms with Gasteiger partial charge < -0.3 is 10.6 Å². The highest BCUT2D eigenvalue weighted by Crippen LogP contribution is 2.24. The van der Waals surface area contributed by atoms with Gasteiger partial charge in [0.25, 0.3) is 0 Å². The number of nitrogens with two attached hydrogens (primary N) is 1. The number of hydrogen-bond acceptors (Lipinski definition) is 3. The number of halogens is 1. The maximum Gasteiger partial charge on any atom is 0.141 e. The van der Waals surface area contributed by atoms with E-state index in [1.54, 1.807) is 6.07 Å². The summed E-state index contributed by atoms with van der Waals surface area (Å²) >= 11 is 0. The summed E-state index contributed by atoms with van der Waals surface area (Å²) < 4.78 is 12.8. The average molecular weight is 223 g/mol. The Hall–Kier alpha value is -1.16. The Labute approximate surface area is 95.5 Å². The summed E-state index contributed by atoms with van der Waals surface area (Å²) in [6.07, 6.45) is 5.86. The molecule has 0 amide bonds. The SMILES string of the molecule is NCCC1CCCCN1c1ccc(F)cn1. The molecule has 0 aliphatic carbocycles. The summed E-state index contributed by atoms with van der Waals surface area (Å²) in [4.78, 5) is 6.40. The molecule has 1 aromatic heterocycles. The summed E-state index contributed by atoms with van der Waals surface area (Å²) in [6, 6.07) is 3.69. The van der Waals surface area contributed by atoms with Crippen LogP contribution in [0.15, 0.2) is 18.3 Å². The normalized spacial score (nSPS) is 21.1. The lowest BCUT2D eigenvalue weighted by Crippen LogP contribution is -2.41. The fraction of sp³-hybridized carbons (Fsp3) is 0.583. The minimum atomic E-state index is -0.281. The van der Waals surface area contributed by atoms with Gasteiger partial charge in [0, 0.05) is 12.6 Å². The molecule has 16 heavy (non-hydrogen) atoms. The molecule has 1 atom stereocenters. The summed E-state index contributed by atoms with van der Waals surface area (Å²) in [6.45, 7) is 1.70. The van der Waals surface area contributed by atoms with Crippen LogP contribution in [0.5, 0.6) is 0 Å². The second kappa shape index (κ2) is 5.25. The van der Waals surface area contributed by atoms with Crippen molar-refractivity contribution in [1.82, 2.24) is 4.98 Å². The number of rotatable bonds is 3. The van der Waals surface area contributed by atoms with Crippen molar-refractivity contribution in [2.24, 2.45) is 5.73 Å². The van der Waals surface area contributed by atoms with Crippen molar-refractivity contribution in [2.45, 2.75) is 31.7 Å². The lowest BCUT2D eigenvalue weighted by molar-refractivity contribution is 0.438. The van der Waals surface area contributed by atoms with E-state index in [0.717, 1.165) is 25.2 Å². The summed E-state index contributed by atoms with van der Waals surface area (Å²) in [7, 11) is 0. The molecule has 0 spiro atoms. The number of aromatic nitrogens is 1. The van der Waals surface area contributed by atoms with Gasteiger partial charge in [-0.05, 0) is 44.4 Å². The highest BCUT2D eigenvalue weighted by Gasteiger charge is 2.22. The second-order valence-corrected chi connectivity index (χ2v) is 4.25. The highest BCUT2D eigenvalue weighted by molar-refractivity contribution is 5.39. The Morgan fingerprint density at radius 1 is 1.44 bits per heavy atom. The van der Waals surface area contributed by atoms with E-state index in [-0.39, 0.29) is 5.82 Å². The monoisotopic (exact) mass is 223 g/mol. The summed E-state index contributed by atoms with van der Waals surface area (Å²) in [5.74, 6) is 0.593. The van der Waals surface area contributed by atoms with Gasteiger partial charge in [-0.2, -0.15) is 0 Å². The maximum absolute atomic E-state index is 12.8. The van der Waals surface area contributed by atoms with E-state index in [4.69, 9.17) is 5.73 Å². The van der Waals surface area contributed by atoms with E-state index >= 15 is 0 Å². The van der Waals surface area contributed by atoms with Crippen LogP contribution in [0.3, 0.4) is 0 Å². The van der Waals surface area contributed by atoms with Crippen LogP contribution >= 0.6 is 0 Å². The first-order valence-corrected chi connectivity index (χ1v) is 5.89. The van der Waals surface area contributed by atoms with Gasteiger partial charge in [0.15, 0.2) is 0 Å². The lowest BCUT2D eigenvalue weighted by Gasteiger charge is -2.36. The standard InChI is InChI=1S/C12H18FN3/c13-10-4-5-12(15-9-10)16-8-2-1-3-11(16)6-7-14/h4-5,9,11H,1-3,6-8,14H2. The molecule has 0 aromatic carbocycles. The lowest BCUT2D eigenvalue weighted by atomic mass is 9.99. The van der Waals surface area contributed by atoms with E-state index in [1.807, 2.05) is 0 Å². The van der Waals surface area contributed by atoms with Crippen molar-refractivity contribution in [3.8, 4) is 0 Å². The Morgan fingerprint density at radius 2 is 2.31 bits per heavy atom. The zero-order chi connectivity index (χ0) is 11.4. The molecule has 2 heterocycles. The largest absolute Gasteiger partial charge is 0.354 e. The van der Waals surface area contributed by atoms with Crippen LogP contribution in [0, 0.1) is 5.82 Å². The number of anilines is 1. The minimum absolute atomic E-state index is 0.281. The number of hydrogen-bond donors (Lipinski definition) is 1. The molecule has 0 saturated carbocycles. The maximum atomic E-state index is 12.8. The van der Waals surface area contributed by atoms with Crippen molar-refractivity contribution in [3.05, 3.63) is 24.1 Å². The highest BCUT2D eigenvalue weighted by atomic mass is 19.1. The van der Waals surface area contributed by atoms with Gasteiger partial charge in [0.05, 0.1) is 6.20 Å². The van der Waals surface area contributed by atoms with E-state index in [2.05, 4.69) is 9.88 Å². The van der Waals surface area contributed by atoms with Crippen LogP contribution in [0.25, 0.3) is 0 Å². The third-order valence-corrected chi connectivity index (χ3v) is 3.13. The molecule has 3 nitrogen and oxygen atoms in total. The van der Waals surface area contributed by atoms with Gasteiger partial charge >= 0.3 is 0 Å². The first-order valence-electron chi connectivity index (χ1n) is 5.89. The Bertz CT molecular complexity index is 324. The van der Waals surface area contributed by atoms with Gasteiger partial charge in [0.1, 0.15) is 11.6 Å². The van der Waals surface area contributed by atoms with Crippen LogP contribution in [0.1, 0.15) is 25.7 Å². The van der Waals surface area contributed by atoms with Crippen LogP contribution in [0.4, 0.5) is 10.2 Å². The second-order valence-electron chi connectivity index (χ2n) is 4.25.